The first kappa shape index (κ1) is 15.4. The van der Waals surface area contributed by atoms with Crippen molar-refractivity contribution in [2.75, 3.05) is 40.1 Å². The molecule has 108 valence electrons. The molecule has 0 aromatic carbocycles. The highest BCUT2D eigenvalue weighted by Gasteiger charge is 2.06. The van der Waals surface area contributed by atoms with Crippen LogP contribution in [0.4, 0.5) is 0 Å². The Hall–Kier alpha value is -1.64. The van der Waals surface area contributed by atoms with Gasteiger partial charge in [0.1, 0.15) is 0 Å². The van der Waals surface area contributed by atoms with Gasteiger partial charge in [0, 0.05) is 26.0 Å². The van der Waals surface area contributed by atoms with E-state index in [2.05, 4.69) is 10.1 Å². The molecule has 8 nitrogen and oxygen atoms in total. The molecule has 0 saturated carbocycles. The van der Waals surface area contributed by atoms with E-state index >= 15 is 0 Å². The van der Waals surface area contributed by atoms with Gasteiger partial charge in [-0.25, -0.2) is 4.98 Å². The van der Waals surface area contributed by atoms with Gasteiger partial charge < -0.3 is 29.7 Å². The number of methoxy groups -OCH3 is 1. The van der Waals surface area contributed by atoms with Gasteiger partial charge in [0.2, 0.25) is 5.84 Å². The van der Waals surface area contributed by atoms with E-state index in [1.165, 1.54) is 0 Å². The summed E-state index contributed by atoms with van der Waals surface area (Å²) < 4.78 is 17.2. The second-order valence-corrected chi connectivity index (χ2v) is 3.65. The number of amidine groups is 1. The van der Waals surface area contributed by atoms with Crippen LogP contribution in [0.3, 0.4) is 0 Å². The standard InChI is InChI=1S/C11H20N4O4/c1-17-6-7-19-9-8-18-5-4-15-3-2-13-11(15)10(12)14-16/h2-3,16H,4-9H2,1H3,(H2,12,14). The van der Waals surface area contributed by atoms with Crippen LogP contribution in [-0.2, 0) is 20.8 Å². The lowest BCUT2D eigenvalue weighted by molar-refractivity contribution is 0.0230. The average molecular weight is 272 g/mol. The summed E-state index contributed by atoms with van der Waals surface area (Å²) in [5.41, 5.74) is 5.48. The fourth-order valence-electron chi connectivity index (χ4n) is 1.39. The van der Waals surface area contributed by atoms with Crippen LogP contribution < -0.4 is 5.73 Å². The first-order valence-corrected chi connectivity index (χ1v) is 5.93. The zero-order chi connectivity index (χ0) is 13.9. The topological polar surface area (TPSA) is 104 Å². The highest BCUT2D eigenvalue weighted by molar-refractivity contribution is 5.93. The van der Waals surface area contributed by atoms with E-state index in [4.69, 9.17) is 25.2 Å². The Morgan fingerprint density at radius 1 is 1.32 bits per heavy atom. The Bertz CT molecular complexity index is 381. The Labute approximate surface area is 111 Å². The number of aromatic nitrogens is 2. The second-order valence-electron chi connectivity index (χ2n) is 3.65. The van der Waals surface area contributed by atoms with Crippen molar-refractivity contribution in [2.45, 2.75) is 6.54 Å². The van der Waals surface area contributed by atoms with Crippen LogP contribution >= 0.6 is 0 Å². The number of rotatable bonds is 10. The summed E-state index contributed by atoms with van der Waals surface area (Å²) in [6, 6.07) is 0. The largest absolute Gasteiger partial charge is 0.409 e. The van der Waals surface area contributed by atoms with E-state index in [1.807, 2.05) is 0 Å². The molecule has 0 aliphatic rings. The van der Waals surface area contributed by atoms with E-state index in [0.29, 0.717) is 45.4 Å². The van der Waals surface area contributed by atoms with Gasteiger partial charge in [-0.1, -0.05) is 5.16 Å². The van der Waals surface area contributed by atoms with Crippen molar-refractivity contribution in [1.29, 1.82) is 0 Å². The van der Waals surface area contributed by atoms with Crippen molar-refractivity contribution >= 4 is 5.84 Å². The van der Waals surface area contributed by atoms with Crippen LogP contribution in [0.15, 0.2) is 17.5 Å². The molecule has 19 heavy (non-hydrogen) atoms. The molecule has 0 radical (unpaired) electrons. The summed E-state index contributed by atoms with van der Waals surface area (Å²) in [5, 5.41) is 11.5. The maximum Gasteiger partial charge on any atom is 0.206 e. The maximum absolute atomic E-state index is 8.60. The minimum absolute atomic E-state index is 0.0205. The molecule has 0 unspecified atom stereocenters. The lowest BCUT2D eigenvalue weighted by Crippen LogP contribution is -2.21. The van der Waals surface area contributed by atoms with E-state index in [9.17, 15) is 0 Å². The number of hydrogen-bond donors (Lipinski definition) is 2. The molecule has 0 fully saturated rings. The van der Waals surface area contributed by atoms with Crippen LogP contribution in [0.5, 0.6) is 0 Å². The molecular weight excluding hydrogens is 252 g/mol. The van der Waals surface area contributed by atoms with Crippen molar-refractivity contribution in [1.82, 2.24) is 9.55 Å². The number of nitrogens with two attached hydrogens (primary N) is 1. The maximum atomic E-state index is 8.60. The minimum atomic E-state index is -0.0205. The van der Waals surface area contributed by atoms with Gasteiger partial charge in [-0.05, 0) is 0 Å². The molecular formula is C11H20N4O4. The summed E-state index contributed by atoms with van der Waals surface area (Å²) in [6.07, 6.45) is 3.33. The SMILES string of the molecule is COCCOCCOCCn1ccnc1/C(N)=N/O. The highest BCUT2D eigenvalue weighted by Crippen LogP contribution is 1.97. The normalized spacial score (nSPS) is 11.9. The van der Waals surface area contributed by atoms with Crippen molar-refractivity contribution in [3.63, 3.8) is 0 Å². The molecule has 1 heterocycles. The van der Waals surface area contributed by atoms with Crippen molar-refractivity contribution in [2.24, 2.45) is 10.9 Å². The molecule has 0 bridgehead atoms. The summed E-state index contributed by atoms with van der Waals surface area (Å²) in [7, 11) is 1.63. The molecule has 1 aromatic rings. The average Bonchev–Trinajstić information content (AvgIpc) is 2.89. The zero-order valence-corrected chi connectivity index (χ0v) is 11.0. The van der Waals surface area contributed by atoms with Gasteiger partial charge in [0.25, 0.3) is 0 Å². The highest BCUT2D eigenvalue weighted by atomic mass is 16.5. The van der Waals surface area contributed by atoms with E-state index in [-0.39, 0.29) is 5.84 Å². The molecule has 0 atom stereocenters. The second kappa shape index (κ2) is 9.31. The van der Waals surface area contributed by atoms with Crippen LogP contribution in [0.1, 0.15) is 5.82 Å². The van der Waals surface area contributed by atoms with Crippen molar-refractivity contribution < 1.29 is 19.4 Å². The van der Waals surface area contributed by atoms with Crippen LogP contribution in [0.25, 0.3) is 0 Å². The third-order valence-electron chi connectivity index (χ3n) is 2.33. The van der Waals surface area contributed by atoms with E-state index in [0.717, 1.165) is 0 Å². The molecule has 0 spiro atoms. The van der Waals surface area contributed by atoms with Gasteiger partial charge in [0.05, 0.1) is 33.0 Å². The summed E-state index contributed by atoms with van der Waals surface area (Å²) in [6.45, 7) is 3.25. The van der Waals surface area contributed by atoms with Crippen molar-refractivity contribution in [3.05, 3.63) is 18.2 Å². The monoisotopic (exact) mass is 272 g/mol. The lowest BCUT2D eigenvalue weighted by Gasteiger charge is -2.08. The summed E-state index contributed by atoms with van der Waals surface area (Å²) in [4.78, 5) is 3.99. The number of hydrogen-bond acceptors (Lipinski definition) is 6. The third-order valence-corrected chi connectivity index (χ3v) is 2.33. The zero-order valence-electron chi connectivity index (χ0n) is 11.0. The molecule has 0 aliphatic carbocycles. The Kier molecular flexibility index (Phi) is 7.56. The summed E-state index contributed by atoms with van der Waals surface area (Å²) >= 11 is 0. The Balaban J connectivity index is 2.14. The van der Waals surface area contributed by atoms with Crippen LogP contribution in [0, 0.1) is 0 Å². The molecule has 8 heteroatoms. The quantitative estimate of drug-likeness (QED) is 0.198. The van der Waals surface area contributed by atoms with Gasteiger partial charge in [-0.3, -0.25) is 0 Å². The number of imidazole rings is 1. The Morgan fingerprint density at radius 2 is 2.00 bits per heavy atom. The molecule has 3 N–H and O–H groups in total. The minimum Gasteiger partial charge on any atom is -0.409 e. The molecule has 0 aliphatic heterocycles. The van der Waals surface area contributed by atoms with E-state index < -0.39 is 0 Å². The van der Waals surface area contributed by atoms with E-state index in [1.54, 1.807) is 24.1 Å². The summed E-state index contributed by atoms with van der Waals surface area (Å²) in [5.74, 6) is 0.398. The first-order chi connectivity index (χ1) is 9.29. The fraction of sp³-hybridized carbons (Fsp3) is 0.636. The van der Waals surface area contributed by atoms with Gasteiger partial charge >= 0.3 is 0 Å². The lowest BCUT2D eigenvalue weighted by atomic mass is 10.5. The van der Waals surface area contributed by atoms with Gasteiger partial charge in [-0.15, -0.1) is 0 Å². The number of ether oxygens (including phenoxy) is 3. The van der Waals surface area contributed by atoms with Gasteiger partial charge in [0.15, 0.2) is 5.82 Å². The van der Waals surface area contributed by atoms with Gasteiger partial charge in [-0.2, -0.15) is 0 Å². The smallest absolute Gasteiger partial charge is 0.206 e. The molecule has 0 saturated heterocycles. The third kappa shape index (κ3) is 5.69. The molecule has 1 rings (SSSR count). The van der Waals surface area contributed by atoms with Crippen LogP contribution in [0.2, 0.25) is 0 Å². The first-order valence-electron chi connectivity index (χ1n) is 5.93. The molecule has 0 amide bonds. The Morgan fingerprint density at radius 3 is 2.68 bits per heavy atom. The van der Waals surface area contributed by atoms with Crippen molar-refractivity contribution in [3.8, 4) is 0 Å². The number of oxime groups is 1. The fourth-order valence-corrected chi connectivity index (χ4v) is 1.39. The number of nitrogens with zero attached hydrogens (tertiary/aromatic N) is 3. The molecule has 1 aromatic heterocycles. The predicted molar refractivity (Wildman–Crippen MR) is 68.3 cm³/mol. The van der Waals surface area contributed by atoms with Crippen LogP contribution in [-0.4, -0.2) is 60.7 Å². The predicted octanol–water partition coefficient (Wildman–Crippen LogP) is -0.343.